The van der Waals surface area contributed by atoms with Crippen molar-refractivity contribution in [1.29, 1.82) is 0 Å². The number of rotatable bonds is 5. The fraction of sp³-hybridized carbons (Fsp3) is 0.857. The molecule has 0 saturated carbocycles. The molecule has 0 heterocycles. The van der Waals surface area contributed by atoms with Crippen LogP contribution in [0.15, 0.2) is 0 Å². The van der Waals surface area contributed by atoms with E-state index in [0.29, 0.717) is 6.92 Å². The van der Waals surface area contributed by atoms with Crippen molar-refractivity contribution in [2.45, 2.75) is 31.3 Å². The zero-order chi connectivity index (χ0) is 15.2. The lowest BCUT2D eigenvalue weighted by molar-refractivity contribution is -0.145. The first-order chi connectivity index (χ1) is 7.60. The molecule has 0 saturated heterocycles. The second kappa shape index (κ2) is 5.25. The zero-order valence-electron chi connectivity index (χ0n) is 11.7. The Bertz CT molecular complexity index is 336. The highest BCUT2D eigenvalue weighted by molar-refractivity contribution is 5.80. The Morgan fingerprint density at radius 1 is 1.38 bits per heavy atom. The lowest BCUT2D eigenvalue weighted by Gasteiger charge is -2.23. The van der Waals surface area contributed by atoms with E-state index in [4.69, 9.17) is 17.1 Å². The Morgan fingerprint density at radius 2 is 1.85 bits per heavy atom. The van der Waals surface area contributed by atoms with Crippen LogP contribution in [0, 0.1) is 0 Å². The maximum absolute atomic E-state index is 10.8. The van der Waals surface area contributed by atoms with Crippen LogP contribution in [-0.4, -0.2) is 62.2 Å². The number of hydrogen-bond acceptors (Lipinski definition) is 6. The predicted octanol–water partition coefficient (Wildman–Crippen LogP) is -2.99. The Balaban J connectivity index is 5.71. The summed E-state index contributed by atoms with van der Waals surface area (Å²) in [6.45, 7) is -3.22. The van der Waals surface area contributed by atoms with Gasteiger partial charge in [-0.15, -0.1) is 0 Å². The molecule has 0 aromatic carbocycles. The van der Waals surface area contributed by atoms with E-state index < -0.39 is 36.7 Å². The molecule has 5 N–H and O–H groups in total. The second-order valence-electron chi connectivity index (χ2n) is 2.21. The van der Waals surface area contributed by atoms with Gasteiger partial charge in [-0.1, -0.05) is 0 Å². The number of ketones is 1. The van der Waals surface area contributed by atoms with E-state index in [1.807, 2.05) is 0 Å². The molecule has 4 atom stereocenters. The third-order valence-electron chi connectivity index (χ3n) is 1.22. The van der Waals surface area contributed by atoms with Crippen molar-refractivity contribution in [2.24, 2.45) is 0 Å². The molecule has 0 radical (unpaired) electrons. The summed E-state index contributed by atoms with van der Waals surface area (Å²) in [5.41, 5.74) is 0. The quantitative estimate of drug-likeness (QED) is 0.322. The third-order valence-corrected chi connectivity index (χ3v) is 1.22. The highest BCUT2D eigenvalue weighted by atomic mass is 16.4. The van der Waals surface area contributed by atoms with Gasteiger partial charge in [0.2, 0.25) is 0 Å². The smallest absolute Gasteiger partial charge is 0.160 e. The Morgan fingerprint density at radius 3 is 2.15 bits per heavy atom. The lowest BCUT2D eigenvalue weighted by Crippen LogP contribution is -2.48. The normalized spacial score (nSPS) is 34.5. The Labute approximate surface area is 82.1 Å². The van der Waals surface area contributed by atoms with Gasteiger partial charge in [0.25, 0.3) is 0 Å². The van der Waals surface area contributed by atoms with Crippen LogP contribution in [0.3, 0.4) is 0 Å². The molecule has 0 aromatic heterocycles. The predicted molar refractivity (Wildman–Crippen MR) is 41.8 cm³/mol. The van der Waals surface area contributed by atoms with Crippen molar-refractivity contribution in [2.75, 3.05) is 6.56 Å². The number of Topliss-reactive ketones (excluding diaryl/α,β-unsaturated/α-hetero) is 1. The summed E-state index contributed by atoms with van der Waals surface area (Å²) in [4.78, 5) is 10.8. The van der Waals surface area contributed by atoms with Crippen LogP contribution in [0.1, 0.15) is 13.8 Å². The van der Waals surface area contributed by atoms with Gasteiger partial charge in [0.1, 0.15) is 24.3 Å². The molecule has 6 nitrogen and oxygen atoms in total. The molecule has 13 heavy (non-hydrogen) atoms. The van der Waals surface area contributed by atoms with Crippen LogP contribution in [0.2, 0.25) is 0 Å². The molecule has 4 unspecified atom stereocenters. The Hall–Kier alpha value is -0.530. The maximum Gasteiger partial charge on any atom is 0.160 e. The van der Waals surface area contributed by atoms with E-state index in [1.165, 1.54) is 0 Å². The van der Waals surface area contributed by atoms with Crippen molar-refractivity contribution in [3.8, 4) is 0 Å². The van der Waals surface area contributed by atoms with Crippen molar-refractivity contribution in [3.05, 3.63) is 0 Å². The van der Waals surface area contributed by atoms with Gasteiger partial charge in [-0.3, -0.25) is 4.79 Å². The van der Waals surface area contributed by atoms with E-state index in [9.17, 15) is 20.1 Å². The van der Waals surface area contributed by atoms with Gasteiger partial charge >= 0.3 is 0 Å². The van der Waals surface area contributed by atoms with Crippen LogP contribution < -0.4 is 0 Å². The monoisotopic (exact) mass is 199 g/mol. The van der Waals surface area contributed by atoms with E-state index >= 15 is 0 Å². The van der Waals surface area contributed by atoms with Gasteiger partial charge < -0.3 is 25.5 Å². The first-order valence-electron chi connectivity index (χ1n) is 5.68. The molecule has 0 aromatic rings. The SMILES string of the molecule is [2H]C([2H])(O)C([2H])(O)C([2H])(O)C([2H])(O)C(O)C(C)=O. The van der Waals surface area contributed by atoms with Gasteiger partial charge in [0, 0.05) is 0 Å². The summed E-state index contributed by atoms with van der Waals surface area (Å²) in [6.07, 6.45) is -14.8. The van der Waals surface area contributed by atoms with Crippen LogP contribution >= 0.6 is 0 Å². The fourth-order valence-corrected chi connectivity index (χ4v) is 0.496. The van der Waals surface area contributed by atoms with Crippen LogP contribution in [0.25, 0.3) is 0 Å². The van der Waals surface area contributed by atoms with E-state index in [0.717, 1.165) is 0 Å². The summed E-state index contributed by atoms with van der Waals surface area (Å²) in [7, 11) is 0. The average Bonchev–Trinajstić information content (AvgIpc) is 2.13. The largest absolute Gasteiger partial charge is 0.394 e. The maximum atomic E-state index is 10.8. The molecule has 6 heteroatoms. The molecule has 0 spiro atoms. The summed E-state index contributed by atoms with van der Waals surface area (Å²) >= 11 is 0. The Kier molecular flexibility index (Phi) is 2.44. The van der Waals surface area contributed by atoms with Crippen molar-refractivity contribution in [1.82, 2.24) is 0 Å². The van der Waals surface area contributed by atoms with Crippen LogP contribution in [-0.2, 0) is 4.79 Å². The van der Waals surface area contributed by atoms with Gasteiger partial charge in [0.05, 0.1) is 13.4 Å². The molecule has 0 aliphatic carbocycles. The summed E-state index contributed by atoms with van der Waals surface area (Å²) in [5.74, 6) is -1.27. The number of carbonyl (C=O) groups excluding carboxylic acids is 1. The van der Waals surface area contributed by atoms with Crippen molar-refractivity contribution < 1.29 is 37.2 Å². The number of carbonyl (C=O) groups is 1. The molecule has 0 rings (SSSR count). The highest BCUT2D eigenvalue weighted by Crippen LogP contribution is 2.05. The standard InChI is InChI=1S/C7H14O6/c1-3(9)5(11)7(13)6(12)4(10)2-8/h4-8,10-13H,2H2,1H3/i2D2,4D,6D,7D. The number of aliphatic hydroxyl groups is 5. The molecule has 0 aliphatic heterocycles. The summed E-state index contributed by atoms with van der Waals surface area (Å²) < 4.78 is 34.5. The minimum absolute atomic E-state index is 0.691. The van der Waals surface area contributed by atoms with Gasteiger partial charge in [-0.05, 0) is 6.92 Å². The minimum Gasteiger partial charge on any atom is -0.394 e. The molecule has 0 fully saturated rings. The van der Waals surface area contributed by atoms with E-state index in [1.54, 1.807) is 0 Å². The summed E-state index contributed by atoms with van der Waals surface area (Å²) in [6, 6.07) is 0. The molecular weight excluding hydrogens is 180 g/mol. The first kappa shape index (κ1) is 6.05. The third kappa shape index (κ3) is 3.37. The van der Waals surface area contributed by atoms with Crippen LogP contribution in [0.5, 0.6) is 0 Å². The number of aliphatic hydroxyl groups excluding tert-OH is 1. The lowest BCUT2D eigenvalue weighted by atomic mass is 10.0. The topological polar surface area (TPSA) is 118 Å². The highest BCUT2D eigenvalue weighted by Gasteiger charge is 2.32. The fourth-order valence-electron chi connectivity index (χ4n) is 0.496. The minimum atomic E-state index is -4.12. The van der Waals surface area contributed by atoms with Crippen LogP contribution in [0.4, 0.5) is 0 Å². The summed E-state index contributed by atoms with van der Waals surface area (Å²) in [5, 5.41) is 46.0. The molecule has 0 bridgehead atoms. The van der Waals surface area contributed by atoms with Crippen molar-refractivity contribution in [3.63, 3.8) is 0 Å². The van der Waals surface area contributed by atoms with Crippen molar-refractivity contribution >= 4 is 5.78 Å². The number of hydrogen-bond donors (Lipinski definition) is 5. The molecule has 78 valence electrons. The van der Waals surface area contributed by atoms with Gasteiger partial charge in [-0.2, -0.15) is 0 Å². The average molecular weight is 199 g/mol. The molecular formula is C7H14O6. The van der Waals surface area contributed by atoms with Gasteiger partial charge in [-0.25, -0.2) is 0 Å². The first-order valence-corrected chi connectivity index (χ1v) is 3.18. The molecule has 0 amide bonds. The second-order valence-corrected chi connectivity index (χ2v) is 2.21. The van der Waals surface area contributed by atoms with E-state index in [2.05, 4.69) is 0 Å². The molecule has 0 aliphatic rings. The van der Waals surface area contributed by atoms with E-state index in [-0.39, 0.29) is 0 Å². The van der Waals surface area contributed by atoms with Gasteiger partial charge in [0.15, 0.2) is 5.78 Å². The zero-order valence-corrected chi connectivity index (χ0v) is 6.72.